The Morgan fingerprint density at radius 3 is 2.61 bits per heavy atom. The topological polar surface area (TPSA) is 66.9 Å². The zero-order valence-electron chi connectivity index (χ0n) is 12.8. The molecule has 5 nitrogen and oxygen atoms in total. The highest BCUT2D eigenvalue weighted by Crippen LogP contribution is 2.20. The van der Waals surface area contributed by atoms with E-state index in [1.54, 1.807) is 0 Å². The molecule has 1 fully saturated rings. The van der Waals surface area contributed by atoms with E-state index in [1.165, 1.54) is 12.6 Å². The maximum atomic E-state index is 12.4. The number of benzene rings is 1. The van der Waals surface area contributed by atoms with E-state index in [9.17, 15) is 4.79 Å². The summed E-state index contributed by atoms with van der Waals surface area (Å²) in [7, 11) is 0. The molecule has 0 spiro atoms. The number of aromatic nitrogens is 2. The smallest absolute Gasteiger partial charge is 0.271 e. The molecule has 1 aliphatic rings. The first-order valence-electron chi connectivity index (χ1n) is 7.88. The van der Waals surface area contributed by atoms with Gasteiger partial charge in [-0.2, -0.15) is 0 Å². The van der Waals surface area contributed by atoms with Crippen LogP contribution in [0.2, 0.25) is 5.02 Å². The highest BCUT2D eigenvalue weighted by atomic mass is 35.5. The number of anilines is 2. The molecule has 1 aromatic carbocycles. The standard InChI is InChI=1S/C17H19ClN4O/c18-14-11-19-17(21-13-9-5-2-6-10-13)22-15(14)16(23)20-12-7-3-1-4-8-12/h2,5-6,9-12H,1,3-4,7-8H2,(H,20,23)(H,19,21,22). The Hall–Kier alpha value is -2.14. The predicted octanol–water partition coefficient (Wildman–Crippen LogP) is 3.94. The maximum absolute atomic E-state index is 12.4. The lowest BCUT2D eigenvalue weighted by Gasteiger charge is -2.22. The number of halogens is 1. The summed E-state index contributed by atoms with van der Waals surface area (Å²) in [5.74, 6) is 0.120. The van der Waals surface area contributed by atoms with Crippen molar-refractivity contribution in [3.05, 3.63) is 47.2 Å². The summed E-state index contributed by atoms with van der Waals surface area (Å²) in [4.78, 5) is 20.8. The minimum absolute atomic E-state index is 0.214. The van der Waals surface area contributed by atoms with Crippen molar-refractivity contribution in [3.8, 4) is 0 Å². The summed E-state index contributed by atoms with van der Waals surface area (Å²) in [6.45, 7) is 0. The zero-order valence-corrected chi connectivity index (χ0v) is 13.5. The fraction of sp³-hybridized carbons (Fsp3) is 0.353. The van der Waals surface area contributed by atoms with E-state index in [4.69, 9.17) is 11.6 Å². The largest absolute Gasteiger partial charge is 0.348 e. The van der Waals surface area contributed by atoms with Crippen LogP contribution in [0, 0.1) is 0 Å². The van der Waals surface area contributed by atoms with Gasteiger partial charge in [0.15, 0.2) is 5.69 Å². The minimum atomic E-state index is -0.236. The van der Waals surface area contributed by atoms with Gasteiger partial charge in [0.1, 0.15) is 0 Å². The second-order valence-corrected chi connectivity index (χ2v) is 6.10. The number of para-hydroxylation sites is 1. The van der Waals surface area contributed by atoms with Crippen LogP contribution in [0.5, 0.6) is 0 Å². The summed E-state index contributed by atoms with van der Waals surface area (Å²) >= 11 is 6.10. The molecule has 0 bridgehead atoms. The molecule has 0 unspecified atom stereocenters. The molecule has 0 radical (unpaired) electrons. The van der Waals surface area contributed by atoms with Gasteiger partial charge in [0, 0.05) is 11.7 Å². The first-order valence-corrected chi connectivity index (χ1v) is 8.25. The van der Waals surface area contributed by atoms with Crippen molar-refractivity contribution < 1.29 is 4.79 Å². The normalized spacial score (nSPS) is 15.2. The number of amides is 1. The van der Waals surface area contributed by atoms with E-state index in [0.29, 0.717) is 5.95 Å². The number of hydrogen-bond donors (Lipinski definition) is 2. The fourth-order valence-corrected chi connectivity index (χ4v) is 2.91. The van der Waals surface area contributed by atoms with Crippen LogP contribution in [0.4, 0.5) is 11.6 Å². The monoisotopic (exact) mass is 330 g/mol. The van der Waals surface area contributed by atoms with Crippen molar-refractivity contribution in [2.24, 2.45) is 0 Å². The Kier molecular flexibility index (Phi) is 5.08. The molecule has 120 valence electrons. The van der Waals surface area contributed by atoms with Crippen molar-refractivity contribution in [1.82, 2.24) is 15.3 Å². The Morgan fingerprint density at radius 2 is 1.87 bits per heavy atom. The molecular weight excluding hydrogens is 312 g/mol. The number of rotatable bonds is 4. The average Bonchev–Trinajstić information content (AvgIpc) is 2.58. The summed E-state index contributed by atoms with van der Waals surface area (Å²) < 4.78 is 0. The lowest BCUT2D eigenvalue weighted by molar-refractivity contribution is 0.0923. The number of carbonyl (C=O) groups excluding carboxylic acids is 1. The quantitative estimate of drug-likeness (QED) is 0.891. The molecule has 1 amide bonds. The van der Waals surface area contributed by atoms with Gasteiger partial charge in [0.2, 0.25) is 5.95 Å². The third kappa shape index (κ3) is 4.20. The van der Waals surface area contributed by atoms with E-state index in [2.05, 4.69) is 20.6 Å². The van der Waals surface area contributed by atoms with Gasteiger partial charge < -0.3 is 10.6 Å². The molecule has 1 aromatic heterocycles. The van der Waals surface area contributed by atoms with E-state index in [-0.39, 0.29) is 22.7 Å². The van der Waals surface area contributed by atoms with Crippen LogP contribution in [0.1, 0.15) is 42.6 Å². The fourth-order valence-electron chi connectivity index (χ4n) is 2.74. The van der Waals surface area contributed by atoms with Crippen molar-refractivity contribution in [1.29, 1.82) is 0 Å². The molecule has 6 heteroatoms. The van der Waals surface area contributed by atoms with Crippen molar-refractivity contribution in [2.75, 3.05) is 5.32 Å². The van der Waals surface area contributed by atoms with Crippen LogP contribution < -0.4 is 10.6 Å². The Morgan fingerprint density at radius 1 is 1.13 bits per heavy atom. The molecule has 2 aromatic rings. The van der Waals surface area contributed by atoms with Gasteiger partial charge in [0.05, 0.1) is 11.2 Å². The molecule has 1 saturated carbocycles. The summed E-state index contributed by atoms with van der Waals surface area (Å²) in [6, 6.07) is 9.77. The Bertz CT molecular complexity index is 672. The molecule has 0 aliphatic heterocycles. The number of nitrogens with one attached hydrogen (secondary N) is 2. The minimum Gasteiger partial charge on any atom is -0.348 e. The molecule has 2 N–H and O–H groups in total. The van der Waals surface area contributed by atoms with Gasteiger partial charge in [0.25, 0.3) is 5.91 Å². The van der Waals surface area contributed by atoms with E-state index < -0.39 is 0 Å². The number of hydrogen-bond acceptors (Lipinski definition) is 4. The zero-order chi connectivity index (χ0) is 16.1. The summed E-state index contributed by atoms with van der Waals surface area (Å²) in [5.41, 5.74) is 1.07. The van der Waals surface area contributed by atoms with Crippen LogP contribution in [-0.4, -0.2) is 21.9 Å². The Balaban J connectivity index is 1.73. The predicted molar refractivity (Wildman–Crippen MR) is 91.1 cm³/mol. The van der Waals surface area contributed by atoms with Crippen LogP contribution in [-0.2, 0) is 0 Å². The molecule has 23 heavy (non-hydrogen) atoms. The van der Waals surface area contributed by atoms with Gasteiger partial charge >= 0.3 is 0 Å². The highest BCUT2D eigenvalue weighted by Gasteiger charge is 2.20. The second kappa shape index (κ2) is 7.42. The number of carbonyl (C=O) groups is 1. The van der Waals surface area contributed by atoms with Gasteiger partial charge in [-0.25, -0.2) is 9.97 Å². The second-order valence-electron chi connectivity index (χ2n) is 5.69. The third-order valence-corrected chi connectivity index (χ3v) is 4.21. The van der Waals surface area contributed by atoms with Crippen LogP contribution >= 0.6 is 11.6 Å². The van der Waals surface area contributed by atoms with Gasteiger partial charge in [-0.15, -0.1) is 0 Å². The van der Waals surface area contributed by atoms with Crippen LogP contribution in [0.3, 0.4) is 0 Å². The van der Waals surface area contributed by atoms with E-state index >= 15 is 0 Å². The van der Waals surface area contributed by atoms with Gasteiger partial charge in [-0.05, 0) is 25.0 Å². The SMILES string of the molecule is O=C(NC1CCCCC1)c1nc(Nc2ccccc2)ncc1Cl. The molecule has 1 aliphatic carbocycles. The third-order valence-electron chi connectivity index (χ3n) is 3.93. The lowest BCUT2D eigenvalue weighted by Crippen LogP contribution is -2.36. The summed E-state index contributed by atoms with van der Waals surface area (Å²) in [6.07, 6.45) is 7.04. The lowest BCUT2D eigenvalue weighted by atomic mass is 9.95. The van der Waals surface area contributed by atoms with E-state index in [1.807, 2.05) is 30.3 Å². The van der Waals surface area contributed by atoms with Gasteiger partial charge in [-0.3, -0.25) is 4.79 Å². The molecule has 0 saturated heterocycles. The first-order chi connectivity index (χ1) is 11.2. The van der Waals surface area contributed by atoms with Crippen molar-refractivity contribution >= 4 is 29.1 Å². The highest BCUT2D eigenvalue weighted by molar-refractivity contribution is 6.33. The molecule has 3 rings (SSSR count). The molecule has 1 heterocycles. The van der Waals surface area contributed by atoms with Gasteiger partial charge in [-0.1, -0.05) is 49.1 Å². The summed E-state index contributed by atoms with van der Waals surface area (Å²) in [5, 5.41) is 6.36. The molecular formula is C17H19ClN4O. The van der Waals surface area contributed by atoms with Crippen molar-refractivity contribution in [3.63, 3.8) is 0 Å². The van der Waals surface area contributed by atoms with Crippen molar-refractivity contribution in [2.45, 2.75) is 38.1 Å². The number of nitrogens with zero attached hydrogens (tertiary/aromatic N) is 2. The average molecular weight is 331 g/mol. The van der Waals surface area contributed by atoms with Crippen LogP contribution in [0.15, 0.2) is 36.5 Å². The maximum Gasteiger partial charge on any atom is 0.271 e. The van der Waals surface area contributed by atoms with E-state index in [0.717, 1.165) is 31.4 Å². The Labute approximate surface area is 140 Å². The van der Waals surface area contributed by atoms with Crippen LogP contribution in [0.25, 0.3) is 0 Å². The first kappa shape index (κ1) is 15.7. The molecule has 0 atom stereocenters.